The van der Waals surface area contributed by atoms with Gasteiger partial charge in [0, 0.05) is 6.07 Å². The van der Waals surface area contributed by atoms with Crippen LogP contribution in [0.5, 0.6) is 11.5 Å². The minimum absolute atomic E-state index is 0.0700. The minimum Gasteiger partial charge on any atom is -0.478 e. The van der Waals surface area contributed by atoms with Gasteiger partial charge in [-0.25, -0.2) is 9.18 Å². The highest BCUT2D eigenvalue weighted by Gasteiger charge is 2.16. The van der Waals surface area contributed by atoms with E-state index in [4.69, 9.17) is 4.74 Å². The summed E-state index contributed by atoms with van der Waals surface area (Å²) in [6, 6.07) is 23.9. The number of benzene rings is 4. The van der Waals surface area contributed by atoms with E-state index in [1.165, 1.54) is 30.3 Å². The monoisotopic (exact) mass is 455 g/mol. The Morgan fingerprint density at radius 2 is 1.59 bits per heavy atom. The molecule has 0 saturated heterocycles. The van der Waals surface area contributed by atoms with Crippen LogP contribution in [0.25, 0.3) is 23.3 Å². The van der Waals surface area contributed by atoms with Gasteiger partial charge in [-0.05, 0) is 64.7 Å². The smallest absolute Gasteiger partial charge is 0.336 e. The van der Waals surface area contributed by atoms with Crippen LogP contribution in [-0.4, -0.2) is 16.0 Å². The Hall–Kier alpha value is -4.78. The summed E-state index contributed by atoms with van der Waals surface area (Å²) in [7, 11) is 0. The van der Waals surface area contributed by atoms with Crippen LogP contribution >= 0.6 is 0 Å². The molecular formula is C27H18FNO5. The van der Waals surface area contributed by atoms with Crippen molar-refractivity contribution in [2.75, 3.05) is 0 Å². The lowest BCUT2D eigenvalue weighted by Gasteiger charge is -2.08. The van der Waals surface area contributed by atoms with Gasteiger partial charge in [-0.3, -0.25) is 10.1 Å². The maximum Gasteiger partial charge on any atom is 0.336 e. The quantitative estimate of drug-likeness (QED) is 0.183. The second-order valence-corrected chi connectivity index (χ2v) is 7.35. The van der Waals surface area contributed by atoms with E-state index in [9.17, 15) is 24.4 Å². The molecule has 0 aliphatic heterocycles. The zero-order valence-electron chi connectivity index (χ0n) is 17.7. The molecule has 0 amide bonds. The van der Waals surface area contributed by atoms with E-state index >= 15 is 0 Å². The van der Waals surface area contributed by atoms with Crippen LogP contribution in [0.15, 0.2) is 91.0 Å². The van der Waals surface area contributed by atoms with Crippen molar-refractivity contribution in [3.05, 3.63) is 124 Å². The van der Waals surface area contributed by atoms with Crippen molar-refractivity contribution < 1.29 is 24.0 Å². The van der Waals surface area contributed by atoms with Crippen LogP contribution in [-0.2, 0) is 0 Å². The molecule has 0 aliphatic rings. The number of nitro benzene ring substituents is 1. The van der Waals surface area contributed by atoms with E-state index in [0.29, 0.717) is 22.4 Å². The molecule has 0 fully saturated rings. The number of hydrogen-bond donors (Lipinski definition) is 1. The molecule has 0 aliphatic carbocycles. The summed E-state index contributed by atoms with van der Waals surface area (Å²) < 4.78 is 18.9. The summed E-state index contributed by atoms with van der Waals surface area (Å²) in [5.74, 6) is -0.911. The van der Waals surface area contributed by atoms with E-state index < -0.39 is 10.9 Å². The number of halogens is 1. The molecule has 0 radical (unpaired) electrons. The van der Waals surface area contributed by atoms with Gasteiger partial charge in [0.25, 0.3) is 0 Å². The highest BCUT2D eigenvalue weighted by atomic mass is 19.1. The molecule has 6 nitrogen and oxygen atoms in total. The third kappa shape index (κ3) is 5.16. The number of rotatable bonds is 7. The van der Waals surface area contributed by atoms with E-state index in [2.05, 4.69) is 0 Å². The molecule has 0 heterocycles. The number of nitro groups is 1. The number of carboxylic acid groups (broad SMARTS) is 1. The van der Waals surface area contributed by atoms with Gasteiger partial charge in [0.05, 0.1) is 10.5 Å². The standard InChI is InChI=1S/C27H18FNO5/c28-22-12-9-19(10-13-22)20-11-14-24(27(30)31)21(17-20)8-6-18-7-15-26(25(16-18)29(32)33)34-23-4-2-1-3-5-23/h1-17H,(H,30,31). The number of nitrogens with zero attached hydrogens (tertiary/aromatic N) is 1. The van der Waals surface area contributed by atoms with Crippen LogP contribution in [0.4, 0.5) is 10.1 Å². The number of aromatic carboxylic acids is 1. The van der Waals surface area contributed by atoms with Gasteiger partial charge in [0.15, 0.2) is 0 Å². The second kappa shape index (κ2) is 9.79. The van der Waals surface area contributed by atoms with Crippen LogP contribution in [0.3, 0.4) is 0 Å². The van der Waals surface area contributed by atoms with Crippen molar-refractivity contribution in [3.8, 4) is 22.6 Å². The largest absolute Gasteiger partial charge is 0.478 e. The molecule has 168 valence electrons. The predicted octanol–water partition coefficient (Wildman–Crippen LogP) is 7.06. The fraction of sp³-hybridized carbons (Fsp3) is 0. The molecule has 0 atom stereocenters. The first-order chi connectivity index (χ1) is 16.4. The molecule has 4 aromatic carbocycles. The molecule has 7 heteroatoms. The van der Waals surface area contributed by atoms with Gasteiger partial charge in [-0.1, -0.05) is 54.6 Å². The highest BCUT2D eigenvalue weighted by molar-refractivity contribution is 5.94. The molecule has 0 aromatic heterocycles. The summed E-state index contributed by atoms with van der Waals surface area (Å²) in [5.41, 5.74) is 2.19. The second-order valence-electron chi connectivity index (χ2n) is 7.35. The molecule has 34 heavy (non-hydrogen) atoms. The molecule has 0 unspecified atom stereocenters. The summed E-state index contributed by atoms with van der Waals surface area (Å²) >= 11 is 0. The zero-order chi connectivity index (χ0) is 24.1. The molecule has 0 saturated carbocycles. The van der Waals surface area contributed by atoms with Crippen LogP contribution in [0.1, 0.15) is 21.5 Å². The predicted molar refractivity (Wildman–Crippen MR) is 127 cm³/mol. The Morgan fingerprint density at radius 3 is 2.26 bits per heavy atom. The summed E-state index contributed by atoms with van der Waals surface area (Å²) in [4.78, 5) is 22.8. The van der Waals surface area contributed by atoms with Crippen molar-refractivity contribution in [1.82, 2.24) is 0 Å². The lowest BCUT2D eigenvalue weighted by molar-refractivity contribution is -0.385. The highest BCUT2D eigenvalue weighted by Crippen LogP contribution is 2.33. The Labute approximate surface area is 194 Å². The number of hydrogen-bond acceptors (Lipinski definition) is 4. The molecule has 0 bridgehead atoms. The third-order valence-electron chi connectivity index (χ3n) is 5.07. The van der Waals surface area contributed by atoms with E-state index in [-0.39, 0.29) is 22.8 Å². The Morgan fingerprint density at radius 1 is 0.882 bits per heavy atom. The molecule has 1 N–H and O–H groups in total. The number of carbonyl (C=O) groups is 1. The van der Waals surface area contributed by atoms with Crippen LogP contribution in [0, 0.1) is 15.9 Å². The third-order valence-corrected chi connectivity index (χ3v) is 5.07. The van der Waals surface area contributed by atoms with Gasteiger partial charge in [0.2, 0.25) is 5.75 Å². The average molecular weight is 455 g/mol. The topological polar surface area (TPSA) is 89.7 Å². The first-order valence-corrected chi connectivity index (χ1v) is 10.2. The van der Waals surface area contributed by atoms with Crippen LogP contribution in [0.2, 0.25) is 0 Å². The van der Waals surface area contributed by atoms with Crippen molar-refractivity contribution in [1.29, 1.82) is 0 Å². The maximum absolute atomic E-state index is 13.3. The van der Waals surface area contributed by atoms with Crippen LogP contribution < -0.4 is 4.74 Å². The number of carboxylic acids is 1. The van der Waals surface area contributed by atoms with Crippen molar-refractivity contribution in [2.45, 2.75) is 0 Å². The Kier molecular flexibility index (Phi) is 6.45. The van der Waals surface area contributed by atoms with Gasteiger partial charge in [-0.15, -0.1) is 0 Å². The molecular weight excluding hydrogens is 437 g/mol. The van der Waals surface area contributed by atoms with Crippen molar-refractivity contribution in [3.63, 3.8) is 0 Å². The number of ether oxygens (including phenoxy) is 1. The van der Waals surface area contributed by atoms with Gasteiger partial charge in [-0.2, -0.15) is 0 Å². The average Bonchev–Trinajstić information content (AvgIpc) is 2.84. The Balaban J connectivity index is 1.67. The Bertz CT molecular complexity index is 1380. The zero-order valence-corrected chi connectivity index (χ0v) is 17.7. The normalized spacial score (nSPS) is 10.9. The van der Waals surface area contributed by atoms with Gasteiger partial charge in [0.1, 0.15) is 11.6 Å². The molecule has 4 rings (SSSR count). The fourth-order valence-electron chi connectivity index (χ4n) is 3.39. The van der Waals surface area contributed by atoms with E-state index in [1.54, 1.807) is 66.7 Å². The summed E-state index contributed by atoms with van der Waals surface area (Å²) in [5, 5.41) is 21.2. The van der Waals surface area contributed by atoms with Gasteiger partial charge < -0.3 is 9.84 Å². The summed E-state index contributed by atoms with van der Waals surface area (Å²) in [6.45, 7) is 0. The summed E-state index contributed by atoms with van der Waals surface area (Å²) in [6.07, 6.45) is 3.17. The van der Waals surface area contributed by atoms with Gasteiger partial charge >= 0.3 is 11.7 Å². The minimum atomic E-state index is -1.11. The first-order valence-electron chi connectivity index (χ1n) is 10.2. The number of para-hydroxylation sites is 1. The fourth-order valence-corrected chi connectivity index (χ4v) is 3.39. The molecule has 4 aromatic rings. The first kappa shape index (κ1) is 22.4. The van der Waals surface area contributed by atoms with Crippen molar-refractivity contribution >= 4 is 23.8 Å². The molecule has 0 spiro atoms. The van der Waals surface area contributed by atoms with E-state index in [0.717, 1.165) is 5.56 Å². The van der Waals surface area contributed by atoms with Crippen molar-refractivity contribution in [2.24, 2.45) is 0 Å². The SMILES string of the molecule is O=C(O)c1ccc(-c2ccc(F)cc2)cc1C=Cc1ccc(Oc2ccccc2)c([N+](=O)[O-])c1. The maximum atomic E-state index is 13.3. The lowest BCUT2D eigenvalue weighted by Crippen LogP contribution is -1.99. The lowest BCUT2D eigenvalue weighted by atomic mass is 9.98. The van der Waals surface area contributed by atoms with E-state index in [1.807, 2.05) is 6.07 Å².